The third kappa shape index (κ3) is 5.12. The van der Waals surface area contributed by atoms with E-state index in [9.17, 15) is 9.59 Å². The zero-order valence-electron chi connectivity index (χ0n) is 13.6. The van der Waals surface area contributed by atoms with E-state index < -0.39 is 0 Å². The summed E-state index contributed by atoms with van der Waals surface area (Å²) < 4.78 is 0. The van der Waals surface area contributed by atoms with Crippen molar-refractivity contribution in [3.05, 3.63) is 22.4 Å². The molecule has 0 aliphatic carbocycles. The Labute approximate surface area is 157 Å². The molecule has 0 saturated carbocycles. The lowest BCUT2D eigenvalue weighted by Crippen LogP contribution is -2.43. The lowest BCUT2D eigenvalue weighted by molar-refractivity contribution is -0.131. The summed E-state index contributed by atoms with van der Waals surface area (Å²) in [6.07, 6.45) is 1.43. The molecular formula is C16H24ClN3O2S2. The molecule has 24 heavy (non-hydrogen) atoms. The van der Waals surface area contributed by atoms with E-state index in [0.717, 1.165) is 43.1 Å². The number of carbonyl (C=O) groups excluding carboxylic acids is 2. The van der Waals surface area contributed by atoms with E-state index in [4.69, 9.17) is 0 Å². The van der Waals surface area contributed by atoms with Crippen molar-refractivity contribution in [1.29, 1.82) is 0 Å². The first-order chi connectivity index (χ1) is 11.2. The second-order valence-corrected chi connectivity index (χ2v) is 7.90. The Morgan fingerprint density at radius 2 is 2.00 bits per heavy atom. The topological polar surface area (TPSA) is 52.7 Å². The SMILES string of the molecule is Cl.O=C(CC1CSCCN1)N1CCCN(C(=O)c2ccsc2)CC1. The summed E-state index contributed by atoms with van der Waals surface area (Å²) in [5.41, 5.74) is 0.762. The van der Waals surface area contributed by atoms with Crippen molar-refractivity contribution in [3.8, 4) is 0 Å². The van der Waals surface area contributed by atoms with Crippen LogP contribution in [0.3, 0.4) is 0 Å². The minimum Gasteiger partial charge on any atom is -0.341 e. The van der Waals surface area contributed by atoms with E-state index in [-0.39, 0.29) is 24.2 Å². The van der Waals surface area contributed by atoms with E-state index in [1.54, 1.807) is 11.3 Å². The highest BCUT2D eigenvalue weighted by molar-refractivity contribution is 7.99. The highest BCUT2D eigenvalue weighted by Crippen LogP contribution is 2.15. The summed E-state index contributed by atoms with van der Waals surface area (Å²) in [6, 6.07) is 2.17. The first-order valence-electron chi connectivity index (χ1n) is 8.14. The third-order valence-electron chi connectivity index (χ3n) is 4.32. The van der Waals surface area contributed by atoms with Crippen LogP contribution in [0.15, 0.2) is 16.8 Å². The molecule has 134 valence electrons. The van der Waals surface area contributed by atoms with Crippen molar-refractivity contribution in [1.82, 2.24) is 15.1 Å². The fraction of sp³-hybridized carbons (Fsp3) is 0.625. The molecule has 3 rings (SSSR count). The first kappa shape index (κ1) is 19.6. The van der Waals surface area contributed by atoms with Gasteiger partial charge in [-0.1, -0.05) is 0 Å². The predicted molar refractivity (Wildman–Crippen MR) is 102 cm³/mol. The lowest BCUT2D eigenvalue weighted by Gasteiger charge is -2.26. The van der Waals surface area contributed by atoms with Gasteiger partial charge in [-0.05, 0) is 17.9 Å². The minimum absolute atomic E-state index is 0. The van der Waals surface area contributed by atoms with Crippen LogP contribution in [-0.4, -0.2) is 71.9 Å². The number of nitrogens with one attached hydrogen (secondary N) is 1. The van der Waals surface area contributed by atoms with Crippen LogP contribution in [0, 0.1) is 0 Å². The van der Waals surface area contributed by atoms with E-state index in [1.807, 2.05) is 38.4 Å². The number of amides is 2. The molecule has 5 nitrogen and oxygen atoms in total. The first-order valence-corrected chi connectivity index (χ1v) is 10.2. The van der Waals surface area contributed by atoms with Gasteiger partial charge in [0.25, 0.3) is 5.91 Å². The van der Waals surface area contributed by atoms with Gasteiger partial charge >= 0.3 is 0 Å². The molecule has 1 atom stereocenters. The Bertz CT molecular complexity index is 535. The van der Waals surface area contributed by atoms with Crippen molar-refractivity contribution < 1.29 is 9.59 Å². The average Bonchev–Trinajstić information content (AvgIpc) is 2.99. The van der Waals surface area contributed by atoms with Gasteiger partial charge in [-0.3, -0.25) is 9.59 Å². The molecule has 0 radical (unpaired) electrons. The molecule has 8 heteroatoms. The zero-order chi connectivity index (χ0) is 16.1. The maximum atomic E-state index is 12.5. The van der Waals surface area contributed by atoms with E-state index >= 15 is 0 Å². The molecule has 1 N–H and O–H groups in total. The fourth-order valence-corrected chi connectivity index (χ4v) is 4.61. The molecule has 0 bridgehead atoms. The van der Waals surface area contributed by atoms with Gasteiger partial charge < -0.3 is 15.1 Å². The van der Waals surface area contributed by atoms with Crippen LogP contribution in [-0.2, 0) is 4.79 Å². The van der Waals surface area contributed by atoms with Crippen LogP contribution in [0.4, 0.5) is 0 Å². The number of thioether (sulfide) groups is 1. The van der Waals surface area contributed by atoms with Crippen LogP contribution < -0.4 is 5.32 Å². The lowest BCUT2D eigenvalue weighted by atomic mass is 10.2. The third-order valence-corrected chi connectivity index (χ3v) is 6.14. The van der Waals surface area contributed by atoms with Gasteiger partial charge in [0, 0.05) is 62.1 Å². The summed E-state index contributed by atoms with van der Waals surface area (Å²) in [4.78, 5) is 28.7. The molecule has 3 heterocycles. The number of thiophene rings is 1. The Morgan fingerprint density at radius 3 is 2.71 bits per heavy atom. The summed E-state index contributed by atoms with van der Waals surface area (Å²) in [5, 5.41) is 7.24. The molecule has 2 aliphatic rings. The number of hydrogen-bond donors (Lipinski definition) is 1. The molecule has 2 saturated heterocycles. The quantitative estimate of drug-likeness (QED) is 0.858. The summed E-state index contributed by atoms with van der Waals surface area (Å²) in [5.74, 6) is 2.46. The van der Waals surface area contributed by atoms with Gasteiger partial charge in [0.1, 0.15) is 0 Å². The summed E-state index contributed by atoms with van der Waals surface area (Å²) in [7, 11) is 0. The highest BCUT2D eigenvalue weighted by atomic mass is 35.5. The average molecular weight is 390 g/mol. The van der Waals surface area contributed by atoms with Gasteiger partial charge in [-0.15, -0.1) is 12.4 Å². The summed E-state index contributed by atoms with van der Waals surface area (Å²) in [6.45, 7) is 3.76. The van der Waals surface area contributed by atoms with Gasteiger partial charge in [0.05, 0.1) is 5.56 Å². The Kier molecular flexibility index (Phi) is 7.87. The van der Waals surface area contributed by atoms with Crippen LogP contribution in [0.2, 0.25) is 0 Å². The van der Waals surface area contributed by atoms with Crippen LogP contribution in [0.1, 0.15) is 23.2 Å². The number of nitrogens with zero attached hydrogens (tertiary/aromatic N) is 2. The molecule has 0 aromatic carbocycles. The van der Waals surface area contributed by atoms with Crippen LogP contribution in [0.5, 0.6) is 0 Å². The van der Waals surface area contributed by atoms with E-state index in [0.29, 0.717) is 25.6 Å². The molecule has 1 unspecified atom stereocenters. The molecule has 1 aromatic rings. The second kappa shape index (κ2) is 9.65. The largest absolute Gasteiger partial charge is 0.341 e. The highest BCUT2D eigenvalue weighted by Gasteiger charge is 2.25. The zero-order valence-corrected chi connectivity index (χ0v) is 16.1. The van der Waals surface area contributed by atoms with Gasteiger partial charge in [-0.2, -0.15) is 23.1 Å². The molecule has 1 aromatic heterocycles. The van der Waals surface area contributed by atoms with Gasteiger partial charge in [0.2, 0.25) is 5.91 Å². The van der Waals surface area contributed by atoms with Crippen LogP contribution in [0.25, 0.3) is 0 Å². The minimum atomic E-state index is 0. The standard InChI is InChI=1S/C16H23N3O2S2.ClH/c20-15(10-14-12-23-9-3-17-14)18-4-1-5-19(7-6-18)16(21)13-2-8-22-11-13;/h2,8,11,14,17H,1,3-7,9-10,12H2;1H. The predicted octanol–water partition coefficient (Wildman–Crippen LogP) is 1.94. The van der Waals surface area contributed by atoms with Crippen molar-refractivity contribution in [3.63, 3.8) is 0 Å². The number of halogens is 1. The molecule has 2 amide bonds. The Hall–Kier alpha value is -0.760. The normalized spacial score (nSPS) is 21.8. The Morgan fingerprint density at radius 1 is 1.21 bits per heavy atom. The van der Waals surface area contributed by atoms with E-state index in [1.165, 1.54) is 0 Å². The monoisotopic (exact) mass is 389 g/mol. The fourth-order valence-electron chi connectivity index (χ4n) is 3.03. The molecular weight excluding hydrogens is 366 g/mol. The smallest absolute Gasteiger partial charge is 0.254 e. The van der Waals surface area contributed by atoms with Gasteiger partial charge in [0.15, 0.2) is 0 Å². The second-order valence-electron chi connectivity index (χ2n) is 5.97. The maximum absolute atomic E-state index is 12.5. The van der Waals surface area contributed by atoms with E-state index in [2.05, 4.69) is 5.32 Å². The maximum Gasteiger partial charge on any atom is 0.254 e. The summed E-state index contributed by atoms with van der Waals surface area (Å²) >= 11 is 3.45. The molecule has 2 aliphatic heterocycles. The number of hydrogen-bond acceptors (Lipinski definition) is 5. The van der Waals surface area contributed by atoms with Gasteiger partial charge in [-0.25, -0.2) is 0 Å². The number of rotatable bonds is 3. The molecule has 0 spiro atoms. The van der Waals surface area contributed by atoms with Crippen LogP contribution >= 0.6 is 35.5 Å². The van der Waals surface area contributed by atoms with Crippen molar-refractivity contribution in [2.45, 2.75) is 18.9 Å². The van der Waals surface area contributed by atoms with Crippen molar-refractivity contribution >= 4 is 47.3 Å². The van der Waals surface area contributed by atoms with Crippen molar-refractivity contribution in [2.75, 3.05) is 44.2 Å². The Balaban J connectivity index is 0.00000208. The molecule has 2 fully saturated rings. The number of carbonyl (C=O) groups is 2. The van der Waals surface area contributed by atoms with Crippen molar-refractivity contribution in [2.24, 2.45) is 0 Å².